The number of amides is 6. The largest absolute Gasteiger partial charge is 0.448 e. The van der Waals surface area contributed by atoms with E-state index >= 15 is 0 Å². The average Bonchev–Trinajstić information content (AvgIpc) is 2.38. The van der Waals surface area contributed by atoms with E-state index in [-0.39, 0.29) is 13.2 Å². The summed E-state index contributed by atoms with van der Waals surface area (Å²) >= 11 is 0. The predicted octanol–water partition coefficient (Wildman–Crippen LogP) is 0.403. The number of carbonyl (C=O) groups excluding carboxylic acids is 4. The van der Waals surface area contributed by atoms with Crippen molar-refractivity contribution in [3.8, 4) is 0 Å². The number of primary amides is 2. The first-order chi connectivity index (χ1) is 9.74. The third kappa shape index (κ3) is 7.60. The Labute approximate surface area is 121 Å². The van der Waals surface area contributed by atoms with Crippen LogP contribution in [0.15, 0.2) is 0 Å². The van der Waals surface area contributed by atoms with Gasteiger partial charge in [0.1, 0.15) is 13.2 Å². The van der Waals surface area contributed by atoms with E-state index in [2.05, 4.69) is 0 Å². The summed E-state index contributed by atoms with van der Waals surface area (Å²) in [6.07, 6.45) is -0.931. The van der Waals surface area contributed by atoms with Gasteiger partial charge in [0.05, 0.1) is 0 Å². The van der Waals surface area contributed by atoms with Crippen molar-refractivity contribution in [3.63, 3.8) is 0 Å². The maximum absolute atomic E-state index is 11.2. The third-order valence-electron chi connectivity index (χ3n) is 2.97. The van der Waals surface area contributed by atoms with Crippen LogP contribution in [0.1, 0.15) is 26.7 Å². The van der Waals surface area contributed by atoms with Crippen molar-refractivity contribution in [2.24, 2.45) is 16.9 Å². The van der Waals surface area contributed by atoms with Crippen LogP contribution in [-0.2, 0) is 9.47 Å². The summed E-state index contributed by atoms with van der Waals surface area (Å²) in [6, 6.07) is -2.06. The number of urea groups is 2. The van der Waals surface area contributed by atoms with Gasteiger partial charge < -0.3 is 20.9 Å². The van der Waals surface area contributed by atoms with Gasteiger partial charge in [-0.2, -0.15) is 0 Å². The molecular weight excluding hydrogens is 284 g/mol. The van der Waals surface area contributed by atoms with E-state index in [0.717, 1.165) is 0 Å². The van der Waals surface area contributed by atoms with Crippen molar-refractivity contribution in [2.75, 3.05) is 13.2 Å². The van der Waals surface area contributed by atoms with Crippen molar-refractivity contribution >= 4 is 24.2 Å². The van der Waals surface area contributed by atoms with Crippen LogP contribution in [0.25, 0.3) is 0 Å². The Morgan fingerprint density at radius 1 is 0.857 bits per heavy atom. The summed E-state index contributed by atoms with van der Waals surface area (Å²) in [5.41, 5.74) is 8.89. The normalized spacial score (nSPS) is 10.4. The topological polar surface area (TPSA) is 163 Å². The lowest BCUT2D eigenvalue weighted by molar-refractivity contribution is 0.0227. The summed E-state index contributed by atoms with van der Waals surface area (Å²) in [5.74, 6) is 0. The summed E-state index contributed by atoms with van der Waals surface area (Å²) < 4.78 is 9.72. The first kappa shape index (κ1) is 18.5. The molecule has 0 aromatic rings. The quantitative estimate of drug-likeness (QED) is 0.555. The fourth-order valence-corrected chi connectivity index (χ4v) is 1.41. The van der Waals surface area contributed by atoms with Crippen LogP contribution in [-0.4, -0.2) is 37.5 Å². The molecule has 0 spiro atoms. The molecule has 6 N–H and O–H groups in total. The van der Waals surface area contributed by atoms with Gasteiger partial charge in [-0.05, 0) is 12.8 Å². The summed E-state index contributed by atoms with van der Waals surface area (Å²) in [4.78, 5) is 43.4. The van der Waals surface area contributed by atoms with Crippen molar-refractivity contribution in [2.45, 2.75) is 26.7 Å². The minimum atomic E-state index is -1.03. The fraction of sp³-hybridized carbons (Fsp3) is 0.636. The van der Waals surface area contributed by atoms with Crippen molar-refractivity contribution in [1.82, 2.24) is 10.6 Å². The van der Waals surface area contributed by atoms with E-state index in [0.29, 0.717) is 12.8 Å². The molecule has 0 aliphatic rings. The zero-order valence-corrected chi connectivity index (χ0v) is 11.9. The molecule has 0 atom stereocenters. The van der Waals surface area contributed by atoms with Crippen LogP contribution in [0.4, 0.5) is 19.2 Å². The highest BCUT2D eigenvalue weighted by Gasteiger charge is 2.30. The standard InChI is InChI=1S/C11H20N4O6/c1-3-11(4-2,5-20-9(18)14-7(12)16)6-21-10(19)15-8(13)17/h3-6H2,1-2H3,(H3,12,14,16,18)(H3,13,15,17,19). The van der Waals surface area contributed by atoms with E-state index in [1.54, 1.807) is 10.6 Å². The summed E-state index contributed by atoms with van der Waals surface area (Å²) in [7, 11) is 0. The third-order valence-corrected chi connectivity index (χ3v) is 2.97. The molecule has 0 saturated heterocycles. The maximum Gasteiger partial charge on any atom is 0.415 e. The number of imide groups is 2. The first-order valence-electron chi connectivity index (χ1n) is 6.21. The van der Waals surface area contributed by atoms with Crippen LogP contribution in [0.5, 0.6) is 0 Å². The number of rotatable bonds is 6. The van der Waals surface area contributed by atoms with Gasteiger partial charge in [0.15, 0.2) is 0 Å². The molecule has 0 radical (unpaired) electrons. The molecule has 0 heterocycles. The van der Waals surface area contributed by atoms with E-state index in [4.69, 9.17) is 20.9 Å². The minimum absolute atomic E-state index is 0.0943. The number of carbonyl (C=O) groups is 4. The number of alkyl carbamates (subject to hydrolysis) is 2. The highest BCUT2D eigenvalue weighted by molar-refractivity contribution is 5.90. The van der Waals surface area contributed by atoms with Crippen LogP contribution in [0, 0.1) is 5.41 Å². The molecule has 0 aromatic carbocycles. The molecule has 0 aliphatic carbocycles. The fourth-order valence-electron chi connectivity index (χ4n) is 1.41. The maximum atomic E-state index is 11.2. The SMILES string of the molecule is CCC(CC)(COC(=O)NC(N)=O)COC(=O)NC(N)=O. The molecule has 0 aromatic heterocycles. The molecule has 120 valence electrons. The Hall–Kier alpha value is -2.52. The molecule has 10 heteroatoms. The van der Waals surface area contributed by atoms with Gasteiger partial charge in [0.25, 0.3) is 0 Å². The second-order valence-electron chi connectivity index (χ2n) is 4.34. The lowest BCUT2D eigenvalue weighted by atomic mass is 9.84. The summed E-state index contributed by atoms with van der Waals surface area (Å²) in [5, 5.41) is 3.50. The van der Waals surface area contributed by atoms with Crippen LogP contribution in [0.3, 0.4) is 0 Å². The Morgan fingerprint density at radius 2 is 1.19 bits per heavy atom. The number of nitrogens with two attached hydrogens (primary N) is 2. The highest BCUT2D eigenvalue weighted by Crippen LogP contribution is 2.27. The van der Waals surface area contributed by atoms with Crippen LogP contribution in [0.2, 0.25) is 0 Å². The number of hydrogen-bond acceptors (Lipinski definition) is 6. The second-order valence-corrected chi connectivity index (χ2v) is 4.34. The van der Waals surface area contributed by atoms with Crippen LogP contribution < -0.4 is 22.1 Å². The number of ether oxygens (including phenoxy) is 2. The number of nitrogens with one attached hydrogen (secondary N) is 2. The lowest BCUT2D eigenvalue weighted by Gasteiger charge is -2.30. The van der Waals surface area contributed by atoms with Gasteiger partial charge in [0, 0.05) is 5.41 Å². The molecule has 0 rings (SSSR count). The van der Waals surface area contributed by atoms with Crippen LogP contribution >= 0.6 is 0 Å². The molecule has 0 bridgehead atoms. The zero-order valence-electron chi connectivity index (χ0n) is 11.9. The smallest absolute Gasteiger partial charge is 0.415 e. The summed E-state index contributed by atoms with van der Waals surface area (Å²) in [6.45, 7) is 3.44. The minimum Gasteiger partial charge on any atom is -0.448 e. The van der Waals surface area contributed by atoms with Gasteiger partial charge in [-0.1, -0.05) is 13.8 Å². The van der Waals surface area contributed by atoms with E-state index in [1.807, 2.05) is 13.8 Å². The molecule has 6 amide bonds. The second kappa shape index (κ2) is 8.61. The van der Waals surface area contributed by atoms with Gasteiger partial charge in [-0.25, -0.2) is 29.8 Å². The Bertz CT molecular complexity index is 374. The van der Waals surface area contributed by atoms with Gasteiger partial charge >= 0.3 is 24.2 Å². The van der Waals surface area contributed by atoms with E-state index in [1.165, 1.54) is 0 Å². The molecule has 10 nitrogen and oxygen atoms in total. The monoisotopic (exact) mass is 304 g/mol. The Kier molecular flexibility index (Phi) is 7.58. The molecule has 0 saturated carbocycles. The molecule has 0 aliphatic heterocycles. The average molecular weight is 304 g/mol. The zero-order chi connectivity index (χ0) is 16.5. The van der Waals surface area contributed by atoms with E-state index < -0.39 is 29.7 Å². The van der Waals surface area contributed by atoms with Crippen molar-refractivity contribution in [3.05, 3.63) is 0 Å². The Morgan fingerprint density at radius 3 is 1.43 bits per heavy atom. The van der Waals surface area contributed by atoms with Crippen molar-refractivity contribution < 1.29 is 28.7 Å². The van der Waals surface area contributed by atoms with Crippen molar-refractivity contribution in [1.29, 1.82) is 0 Å². The highest BCUT2D eigenvalue weighted by atomic mass is 16.6. The number of hydrogen-bond donors (Lipinski definition) is 4. The molecule has 0 unspecified atom stereocenters. The Balaban J connectivity index is 4.48. The molecule has 21 heavy (non-hydrogen) atoms. The molecule has 0 fully saturated rings. The molecular formula is C11H20N4O6. The van der Waals surface area contributed by atoms with Gasteiger partial charge in [-0.15, -0.1) is 0 Å². The first-order valence-corrected chi connectivity index (χ1v) is 6.21. The predicted molar refractivity (Wildman–Crippen MR) is 71.1 cm³/mol. The van der Waals surface area contributed by atoms with E-state index in [9.17, 15) is 19.2 Å². The van der Waals surface area contributed by atoms with Gasteiger partial charge in [-0.3, -0.25) is 0 Å². The lowest BCUT2D eigenvalue weighted by Crippen LogP contribution is -2.41. The van der Waals surface area contributed by atoms with Gasteiger partial charge in [0.2, 0.25) is 0 Å².